The van der Waals surface area contributed by atoms with Crippen LogP contribution in [0.2, 0.25) is 0 Å². The van der Waals surface area contributed by atoms with Crippen LogP contribution < -0.4 is 18.3 Å². The molecule has 0 amide bonds. The largest absolute Gasteiger partial charge is 0.437 e. The van der Waals surface area contributed by atoms with E-state index < -0.39 is 19.6 Å². The standard InChI is InChI=1S/C28H27N2O.C26H25N2O.C24H21N2O.C23H19N2O/c1-18-12-14-23-26-22-11-7-6-10-20(22)16-29-28(26)31-27(23)25(18)24-15-13-21(17-30(24)2)19-8-4-3-5-9-19;1-16-10-12-20-23-19-9-7-6-8-17(19)14-27-25(23)29-24(20)22(16)21-13-11-18(15-28(21)5)26(2,3)4;1-14-9-10-19-22-18-8-6-5-7-17(18)12-25-24(22)27-23(19)21(14)20-11-15(2)16(3)13-26(20)4;1-14-12-15(2)20-21-17-9-5-4-8-16(17)13-24-23(21)26-22(20)19(14)18-10-6-7-11-25(18)3/h6-7,10-17,19H,3-5,8-9H2,1-2H3;6-15H,1-5H3;5-13H,1-4H3;4-13H,1-3H3/q4*+1/i19D;;3D3;2D3. The number of furan rings is 4. The Labute approximate surface area is 666 Å². The van der Waals surface area contributed by atoms with Gasteiger partial charge in [0.15, 0.2) is 47.1 Å². The van der Waals surface area contributed by atoms with E-state index in [1.807, 2.05) is 148 Å². The Morgan fingerprint density at radius 1 is 0.345 bits per heavy atom. The van der Waals surface area contributed by atoms with Gasteiger partial charge >= 0.3 is 0 Å². The third-order valence-corrected chi connectivity index (χ3v) is 23.0. The Morgan fingerprint density at radius 3 is 1.21 bits per heavy atom. The highest BCUT2D eigenvalue weighted by Crippen LogP contribution is 2.46. The Balaban J connectivity index is 0.000000110. The molecule has 0 radical (unpaired) electrons. The lowest BCUT2D eigenvalue weighted by Crippen LogP contribution is -2.33. The topological polar surface area (TPSA) is 120 Å². The van der Waals surface area contributed by atoms with E-state index in [1.165, 1.54) is 33.9 Å². The van der Waals surface area contributed by atoms with Crippen LogP contribution in [0.15, 0.2) is 255 Å². The average Bonchev–Trinajstić information content (AvgIpc) is 1.57. The number of rotatable bonds is 5. The van der Waals surface area contributed by atoms with Crippen molar-refractivity contribution in [2.45, 2.75) is 113 Å². The highest BCUT2D eigenvalue weighted by molar-refractivity contribution is 6.23. The molecular formula is C101H92N8O4+4. The fourth-order valence-electron chi connectivity index (χ4n) is 17.1. The van der Waals surface area contributed by atoms with Gasteiger partial charge in [-0.15, -0.1) is 0 Å². The van der Waals surface area contributed by atoms with Crippen molar-refractivity contribution in [3.63, 3.8) is 0 Å². The molecule has 1 aliphatic carbocycles. The number of benzene rings is 8. The number of pyridine rings is 8. The first-order chi connectivity index (χ1) is 57.5. The minimum Gasteiger partial charge on any atom is -0.437 e. The molecule has 0 atom stereocenters. The quantitative estimate of drug-likeness (QED) is 0.156. The molecule has 12 aromatic heterocycles. The van der Waals surface area contributed by atoms with Gasteiger partial charge in [0.2, 0.25) is 45.6 Å². The van der Waals surface area contributed by atoms with E-state index in [9.17, 15) is 0 Å². The fraction of sp³-hybridized carbons (Fsp3) is 0.208. The molecule has 0 N–H and O–H groups in total. The molecule has 0 aliphatic heterocycles. The lowest BCUT2D eigenvalue weighted by Gasteiger charge is -2.21. The minimum atomic E-state index is -2.27. The van der Waals surface area contributed by atoms with Crippen LogP contribution in [0.3, 0.4) is 0 Å². The molecule has 1 saturated carbocycles. The van der Waals surface area contributed by atoms with Crippen molar-refractivity contribution < 1.29 is 45.5 Å². The van der Waals surface area contributed by atoms with Crippen LogP contribution in [0.5, 0.6) is 0 Å². The maximum atomic E-state index is 9.02. The van der Waals surface area contributed by atoms with Gasteiger partial charge in [0.25, 0.3) is 0 Å². The number of aryl methyl sites for hydroxylation is 11. The average molecular weight is 1490 g/mol. The van der Waals surface area contributed by atoms with Crippen molar-refractivity contribution in [2.24, 2.45) is 28.2 Å². The predicted molar refractivity (Wildman–Crippen MR) is 460 cm³/mol. The highest BCUT2D eigenvalue weighted by Gasteiger charge is 2.30. The Morgan fingerprint density at radius 2 is 0.752 bits per heavy atom. The van der Waals surface area contributed by atoms with E-state index >= 15 is 0 Å². The summed E-state index contributed by atoms with van der Waals surface area (Å²) >= 11 is 0. The minimum absolute atomic E-state index is 0.111. The van der Waals surface area contributed by atoms with Crippen molar-refractivity contribution in [1.82, 2.24) is 19.9 Å². The van der Waals surface area contributed by atoms with Crippen molar-refractivity contribution in [1.29, 1.82) is 0 Å². The first kappa shape index (κ1) is 63.9. The fourth-order valence-corrected chi connectivity index (χ4v) is 17.1. The highest BCUT2D eigenvalue weighted by atomic mass is 16.4. The van der Waals surface area contributed by atoms with Crippen molar-refractivity contribution in [3.05, 3.63) is 288 Å². The Kier molecular flexibility index (Phi) is 16.1. The van der Waals surface area contributed by atoms with Gasteiger partial charge in [-0.05, 0) is 146 Å². The number of hydrogen-bond donors (Lipinski definition) is 0. The summed E-state index contributed by atoms with van der Waals surface area (Å²) < 4.78 is 90.4. The van der Waals surface area contributed by atoms with Crippen LogP contribution in [0.1, 0.15) is 118 Å². The van der Waals surface area contributed by atoms with Crippen molar-refractivity contribution in [2.75, 3.05) is 0 Å². The molecule has 1 fully saturated rings. The number of nitrogens with zero attached hydrogens (tertiary/aromatic N) is 8. The molecule has 8 aromatic carbocycles. The zero-order valence-electron chi connectivity index (χ0n) is 72.8. The summed E-state index contributed by atoms with van der Waals surface area (Å²) in [6.07, 6.45) is 20.9. The van der Waals surface area contributed by atoms with Crippen LogP contribution in [-0.4, -0.2) is 19.9 Å². The molecule has 12 heterocycles. The van der Waals surface area contributed by atoms with Gasteiger partial charge in [-0.3, -0.25) is 0 Å². The summed E-state index contributed by atoms with van der Waals surface area (Å²) in [5.41, 5.74) is 21.9. The Bertz CT molecular complexity index is 7570. The SMILES string of the molecule is Cc1ccc2c(oc3ncc4ccccc4c32)c1-c1ccc(C(C)(C)C)c[n+]1C.[2H]C([2H])([2H])c1c[n+](C)c(-c2c(C)ccc3c2oc2ncc4ccccc4c23)cc1C.[2H]C([2H])([2H])c1cc(C)c(-c2cccc[n+]2C)c2oc3ncc4ccccc4c3c12.[2H]C1(c2ccc(-c3c(C)ccc4c3oc3ncc5ccccc5c34)[n+](C)c2)CCCCC1. The molecule has 12 nitrogen and oxygen atoms in total. The normalized spacial score (nSPS) is 14.2. The summed E-state index contributed by atoms with van der Waals surface area (Å²) in [6, 6.07) is 64.0. The van der Waals surface area contributed by atoms with Gasteiger partial charge in [-0.1, -0.05) is 180 Å². The lowest BCUT2D eigenvalue weighted by atomic mass is 9.84. The van der Waals surface area contributed by atoms with E-state index in [-0.39, 0.29) is 5.41 Å². The van der Waals surface area contributed by atoms with Crippen LogP contribution in [0.25, 0.3) is 176 Å². The van der Waals surface area contributed by atoms with Gasteiger partial charge in [0, 0.05) is 124 Å². The third kappa shape index (κ3) is 12.6. The molecule has 20 aromatic rings. The molecular weight excluding hydrogens is 1390 g/mol. The maximum Gasteiger partial charge on any atom is 0.227 e. The summed E-state index contributed by atoms with van der Waals surface area (Å²) in [6.45, 7) is 12.4. The predicted octanol–water partition coefficient (Wildman–Crippen LogP) is 24.0. The third-order valence-electron chi connectivity index (χ3n) is 23.0. The van der Waals surface area contributed by atoms with Gasteiger partial charge in [-0.25, -0.2) is 38.2 Å². The maximum absolute atomic E-state index is 9.02. The van der Waals surface area contributed by atoms with E-state index in [1.54, 1.807) is 18.5 Å². The van der Waals surface area contributed by atoms with Crippen LogP contribution >= 0.6 is 0 Å². The number of aromatic nitrogens is 8. The van der Waals surface area contributed by atoms with Crippen LogP contribution in [0.4, 0.5) is 0 Å². The molecule has 556 valence electrons. The molecule has 0 spiro atoms. The smallest absolute Gasteiger partial charge is 0.227 e. The summed E-state index contributed by atoms with van der Waals surface area (Å²) in [4.78, 5) is 18.3. The van der Waals surface area contributed by atoms with Crippen LogP contribution in [-0.2, 0) is 33.6 Å². The van der Waals surface area contributed by atoms with Gasteiger partial charge in [0.05, 0.1) is 43.8 Å². The first-order valence-electron chi connectivity index (χ1n) is 42.3. The van der Waals surface area contributed by atoms with E-state index in [0.29, 0.717) is 45.0 Å². The second-order valence-electron chi connectivity index (χ2n) is 31.5. The van der Waals surface area contributed by atoms with Crippen molar-refractivity contribution >= 4 is 131 Å². The van der Waals surface area contributed by atoms with Crippen molar-refractivity contribution in [3.8, 4) is 45.0 Å². The monoisotopic (exact) mass is 1490 g/mol. The zero-order chi connectivity index (χ0) is 83.8. The van der Waals surface area contributed by atoms with Crippen LogP contribution in [0, 0.1) is 48.3 Å². The second kappa shape index (κ2) is 28.5. The van der Waals surface area contributed by atoms with E-state index in [4.69, 9.17) is 27.3 Å². The molecule has 113 heavy (non-hydrogen) atoms. The molecule has 12 heteroatoms. The first-order valence-corrected chi connectivity index (χ1v) is 38.8. The molecule has 1 aliphatic rings. The van der Waals surface area contributed by atoms with Gasteiger partial charge in [0.1, 0.15) is 28.2 Å². The molecule has 0 bridgehead atoms. The summed E-state index contributed by atoms with van der Waals surface area (Å²) in [7, 11) is 8.03. The summed E-state index contributed by atoms with van der Waals surface area (Å²) in [5, 5.41) is 16.4. The lowest BCUT2D eigenvalue weighted by molar-refractivity contribution is -0.661. The number of fused-ring (bicyclic) bond motifs is 20. The molecule has 21 rings (SSSR count). The summed E-state index contributed by atoms with van der Waals surface area (Å²) in [5.74, 6) is -0.461. The second-order valence-corrected chi connectivity index (χ2v) is 31.5. The molecule has 0 saturated heterocycles. The number of hydrogen-bond acceptors (Lipinski definition) is 8. The van der Waals surface area contributed by atoms with E-state index in [2.05, 4.69) is 193 Å². The molecule has 0 unspecified atom stereocenters. The Hall–Kier alpha value is -12.8. The zero-order valence-corrected chi connectivity index (χ0v) is 65.8. The van der Waals surface area contributed by atoms with Gasteiger partial charge < -0.3 is 17.7 Å². The van der Waals surface area contributed by atoms with Gasteiger partial charge in [-0.2, -0.15) is 0 Å². The van der Waals surface area contributed by atoms with E-state index in [0.717, 1.165) is 180 Å².